The minimum absolute atomic E-state index is 0.0245. The summed E-state index contributed by atoms with van der Waals surface area (Å²) in [7, 11) is 0. The summed E-state index contributed by atoms with van der Waals surface area (Å²) in [5.74, 6) is 0.441. The van der Waals surface area contributed by atoms with Crippen molar-refractivity contribution in [2.75, 3.05) is 17.2 Å². The van der Waals surface area contributed by atoms with E-state index in [9.17, 15) is 4.79 Å². The number of ether oxygens (including phenoxy) is 1. The lowest BCUT2D eigenvalue weighted by molar-refractivity contribution is -0.118. The Bertz CT molecular complexity index is 684. The van der Waals surface area contributed by atoms with E-state index >= 15 is 0 Å². The normalized spacial score (nSPS) is 13.3. The highest BCUT2D eigenvalue weighted by Gasteiger charge is 2.18. The second-order valence-corrected chi connectivity index (χ2v) is 5.10. The third-order valence-electron chi connectivity index (χ3n) is 3.30. The van der Waals surface area contributed by atoms with E-state index in [1.54, 1.807) is 18.5 Å². The lowest BCUT2D eigenvalue weighted by Gasteiger charge is -2.20. The molecule has 21 heavy (non-hydrogen) atoms. The first-order valence-corrected chi connectivity index (χ1v) is 7.04. The summed E-state index contributed by atoms with van der Waals surface area (Å²) in [4.78, 5) is 15.4. The van der Waals surface area contributed by atoms with E-state index in [0.29, 0.717) is 23.0 Å². The molecular formula is C14H15ClN4O2. The van der Waals surface area contributed by atoms with E-state index in [4.69, 9.17) is 16.3 Å². The number of aryl methyl sites for hydroxylation is 1. The van der Waals surface area contributed by atoms with Crippen molar-refractivity contribution in [1.82, 2.24) is 9.55 Å². The standard InChI is InChI=1S/C14H15ClN4O2/c1-2-19-8-16-5-9(19)6-17-11-4-13-12(3-10(11)15)18-14(20)7-21-13/h3-5,8,17H,2,6-7H2,1H3,(H,18,20). The molecule has 7 heteroatoms. The minimum Gasteiger partial charge on any atom is -0.482 e. The summed E-state index contributed by atoms with van der Waals surface area (Å²) in [6.07, 6.45) is 3.61. The molecule has 1 amide bonds. The van der Waals surface area contributed by atoms with Crippen LogP contribution in [0.5, 0.6) is 5.75 Å². The molecule has 6 nitrogen and oxygen atoms in total. The Kier molecular flexibility index (Phi) is 3.70. The number of halogens is 1. The third-order valence-corrected chi connectivity index (χ3v) is 3.61. The number of nitrogens with one attached hydrogen (secondary N) is 2. The van der Waals surface area contributed by atoms with Crippen LogP contribution in [0.15, 0.2) is 24.7 Å². The Morgan fingerprint density at radius 1 is 1.52 bits per heavy atom. The number of amides is 1. The molecule has 0 bridgehead atoms. The number of benzene rings is 1. The van der Waals surface area contributed by atoms with Gasteiger partial charge >= 0.3 is 0 Å². The Morgan fingerprint density at radius 3 is 3.19 bits per heavy atom. The van der Waals surface area contributed by atoms with Gasteiger partial charge in [0.05, 0.1) is 35.0 Å². The Labute approximate surface area is 127 Å². The van der Waals surface area contributed by atoms with Gasteiger partial charge in [0.2, 0.25) is 0 Å². The molecule has 0 atom stereocenters. The second-order valence-electron chi connectivity index (χ2n) is 4.69. The fourth-order valence-corrected chi connectivity index (χ4v) is 2.43. The van der Waals surface area contributed by atoms with Crippen LogP contribution < -0.4 is 15.4 Å². The molecule has 110 valence electrons. The van der Waals surface area contributed by atoms with Gasteiger partial charge in [0.25, 0.3) is 5.91 Å². The van der Waals surface area contributed by atoms with Gasteiger partial charge in [0.1, 0.15) is 5.75 Å². The molecule has 0 radical (unpaired) electrons. The highest BCUT2D eigenvalue weighted by atomic mass is 35.5. The Hall–Kier alpha value is -2.21. The number of hydrogen-bond acceptors (Lipinski definition) is 4. The highest BCUT2D eigenvalue weighted by Crippen LogP contribution is 2.36. The lowest BCUT2D eigenvalue weighted by Crippen LogP contribution is -2.25. The van der Waals surface area contributed by atoms with E-state index in [1.807, 2.05) is 6.20 Å². The zero-order valence-electron chi connectivity index (χ0n) is 11.5. The largest absolute Gasteiger partial charge is 0.482 e. The van der Waals surface area contributed by atoms with Gasteiger partial charge in [-0.3, -0.25) is 4.79 Å². The molecule has 0 fully saturated rings. The van der Waals surface area contributed by atoms with Gasteiger partial charge in [-0.05, 0) is 13.0 Å². The van der Waals surface area contributed by atoms with Crippen molar-refractivity contribution in [2.24, 2.45) is 0 Å². The van der Waals surface area contributed by atoms with Crippen LogP contribution >= 0.6 is 11.6 Å². The number of carbonyl (C=O) groups is 1. The van der Waals surface area contributed by atoms with Crippen LogP contribution in [0.4, 0.5) is 11.4 Å². The molecule has 1 aliphatic rings. The number of fused-ring (bicyclic) bond motifs is 1. The maximum atomic E-state index is 11.3. The summed E-state index contributed by atoms with van der Waals surface area (Å²) in [5, 5.41) is 6.52. The minimum atomic E-state index is -0.175. The van der Waals surface area contributed by atoms with Gasteiger partial charge in [0.15, 0.2) is 6.61 Å². The number of aromatic nitrogens is 2. The van der Waals surface area contributed by atoms with Crippen LogP contribution in [0.1, 0.15) is 12.6 Å². The van der Waals surface area contributed by atoms with Crippen LogP contribution in [-0.2, 0) is 17.9 Å². The number of imidazole rings is 1. The van der Waals surface area contributed by atoms with Crippen molar-refractivity contribution >= 4 is 28.9 Å². The summed E-state index contributed by atoms with van der Waals surface area (Å²) in [5.41, 5.74) is 2.43. The molecule has 2 aromatic rings. The molecule has 1 aliphatic heterocycles. The first-order valence-electron chi connectivity index (χ1n) is 6.66. The van der Waals surface area contributed by atoms with Gasteiger partial charge in [0, 0.05) is 18.8 Å². The van der Waals surface area contributed by atoms with Crippen LogP contribution in [0.2, 0.25) is 5.02 Å². The van der Waals surface area contributed by atoms with Gasteiger partial charge in [-0.25, -0.2) is 4.98 Å². The van der Waals surface area contributed by atoms with Crippen LogP contribution in [0.3, 0.4) is 0 Å². The average molecular weight is 307 g/mol. The quantitative estimate of drug-likeness (QED) is 0.910. The number of carbonyl (C=O) groups excluding carboxylic acids is 1. The van der Waals surface area contributed by atoms with Gasteiger partial charge in [-0.2, -0.15) is 0 Å². The molecule has 0 spiro atoms. The SMILES string of the molecule is CCn1cncc1CNc1cc2c(cc1Cl)NC(=O)CO2. The fourth-order valence-electron chi connectivity index (χ4n) is 2.20. The Morgan fingerprint density at radius 2 is 2.38 bits per heavy atom. The maximum Gasteiger partial charge on any atom is 0.262 e. The van der Waals surface area contributed by atoms with Crippen LogP contribution in [0.25, 0.3) is 0 Å². The summed E-state index contributed by atoms with van der Waals surface area (Å²) >= 11 is 6.23. The fraction of sp³-hybridized carbons (Fsp3) is 0.286. The molecule has 3 rings (SSSR count). The highest BCUT2D eigenvalue weighted by molar-refractivity contribution is 6.33. The third kappa shape index (κ3) is 2.80. The van der Waals surface area contributed by atoms with E-state index in [-0.39, 0.29) is 12.5 Å². The molecule has 1 aromatic carbocycles. The molecule has 1 aromatic heterocycles. The molecule has 2 N–H and O–H groups in total. The van der Waals surface area contributed by atoms with Crippen molar-refractivity contribution in [2.45, 2.75) is 20.0 Å². The monoisotopic (exact) mass is 306 g/mol. The number of rotatable bonds is 4. The van der Waals surface area contributed by atoms with Crippen molar-refractivity contribution in [3.05, 3.63) is 35.4 Å². The predicted octanol–water partition coefficient (Wildman–Crippen LogP) is 2.50. The summed E-state index contributed by atoms with van der Waals surface area (Å²) in [6, 6.07) is 3.48. The molecule has 2 heterocycles. The number of anilines is 2. The van der Waals surface area contributed by atoms with Crippen molar-refractivity contribution in [3.8, 4) is 5.75 Å². The topological polar surface area (TPSA) is 68.2 Å². The van der Waals surface area contributed by atoms with E-state index < -0.39 is 0 Å². The zero-order valence-corrected chi connectivity index (χ0v) is 12.3. The maximum absolute atomic E-state index is 11.3. The predicted molar refractivity (Wildman–Crippen MR) is 80.8 cm³/mol. The molecular weight excluding hydrogens is 292 g/mol. The van der Waals surface area contributed by atoms with Gasteiger partial charge in [-0.15, -0.1) is 0 Å². The summed E-state index contributed by atoms with van der Waals surface area (Å²) < 4.78 is 7.44. The van der Waals surface area contributed by atoms with E-state index in [1.165, 1.54) is 0 Å². The number of hydrogen-bond donors (Lipinski definition) is 2. The van der Waals surface area contributed by atoms with Crippen molar-refractivity contribution < 1.29 is 9.53 Å². The average Bonchev–Trinajstić information content (AvgIpc) is 2.92. The molecule has 0 saturated carbocycles. The molecule has 0 saturated heterocycles. The summed E-state index contributed by atoms with van der Waals surface area (Å²) in [6.45, 7) is 3.56. The van der Waals surface area contributed by atoms with Gasteiger partial charge < -0.3 is 19.9 Å². The van der Waals surface area contributed by atoms with Crippen molar-refractivity contribution in [1.29, 1.82) is 0 Å². The molecule has 0 aliphatic carbocycles. The van der Waals surface area contributed by atoms with Crippen molar-refractivity contribution in [3.63, 3.8) is 0 Å². The first-order chi connectivity index (χ1) is 10.2. The lowest BCUT2D eigenvalue weighted by atomic mass is 10.2. The zero-order chi connectivity index (χ0) is 14.8. The Balaban J connectivity index is 1.78. The second kappa shape index (κ2) is 5.65. The molecule has 0 unspecified atom stereocenters. The number of nitrogens with zero attached hydrogens (tertiary/aromatic N) is 2. The van der Waals surface area contributed by atoms with Crippen LogP contribution in [-0.4, -0.2) is 22.1 Å². The van der Waals surface area contributed by atoms with E-state index in [2.05, 4.69) is 27.1 Å². The smallest absolute Gasteiger partial charge is 0.262 e. The van der Waals surface area contributed by atoms with Crippen LogP contribution in [0, 0.1) is 0 Å². The first kappa shape index (κ1) is 13.8. The van der Waals surface area contributed by atoms with E-state index in [0.717, 1.165) is 17.9 Å². The van der Waals surface area contributed by atoms with Gasteiger partial charge in [-0.1, -0.05) is 11.6 Å².